The van der Waals surface area contributed by atoms with Crippen molar-refractivity contribution >= 4 is 34.4 Å². The van der Waals surface area contributed by atoms with Gasteiger partial charge in [0.2, 0.25) is 0 Å². The largest absolute Gasteiger partial charge is 0.465 e. The Kier molecular flexibility index (Phi) is 5.79. The van der Waals surface area contributed by atoms with Crippen LogP contribution in [0.5, 0.6) is 0 Å². The smallest absolute Gasteiger partial charge is 0.407 e. The fourth-order valence-corrected chi connectivity index (χ4v) is 3.89. The number of nitrogens with zero attached hydrogens (tertiary/aromatic N) is 2. The van der Waals surface area contributed by atoms with Crippen LogP contribution in [0.1, 0.15) is 33.7 Å². The number of carbonyl (C=O) groups is 3. The van der Waals surface area contributed by atoms with Crippen molar-refractivity contribution in [3.63, 3.8) is 0 Å². The molecule has 2 heterocycles. The number of carbonyl (C=O) groups excluding carboxylic acids is 2. The van der Waals surface area contributed by atoms with Crippen molar-refractivity contribution in [2.24, 2.45) is 0 Å². The summed E-state index contributed by atoms with van der Waals surface area (Å²) in [5, 5.41) is 16.5. The number of amides is 3. The van der Waals surface area contributed by atoms with Gasteiger partial charge >= 0.3 is 6.09 Å². The van der Waals surface area contributed by atoms with Gasteiger partial charge in [0.25, 0.3) is 11.8 Å². The van der Waals surface area contributed by atoms with Gasteiger partial charge in [-0.2, -0.15) is 0 Å². The van der Waals surface area contributed by atoms with E-state index < -0.39 is 12.0 Å². The molecule has 8 heteroatoms. The molecule has 1 fully saturated rings. The van der Waals surface area contributed by atoms with E-state index in [1.54, 1.807) is 18.2 Å². The van der Waals surface area contributed by atoms with Crippen molar-refractivity contribution in [3.05, 3.63) is 72.1 Å². The Morgan fingerprint density at radius 1 is 1.03 bits per heavy atom. The van der Waals surface area contributed by atoms with Crippen LogP contribution >= 0.6 is 0 Å². The lowest BCUT2D eigenvalue weighted by molar-refractivity contribution is 0.0930. The van der Waals surface area contributed by atoms with E-state index in [0.29, 0.717) is 24.2 Å². The number of hydrogen-bond acceptors (Lipinski definition) is 4. The summed E-state index contributed by atoms with van der Waals surface area (Å²) in [7, 11) is 0. The van der Waals surface area contributed by atoms with Crippen molar-refractivity contribution in [3.8, 4) is 0 Å². The second kappa shape index (κ2) is 8.83. The van der Waals surface area contributed by atoms with Crippen molar-refractivity contribution in [2.45, 2.75) is 18.9 Å². The minimum Gasteiger partial charge on any atom is -0.465 e. The minimum atomic E-state index is -0.988. The first-order valence-corrected chi connectivity index (χ1v) is 10.1. The fraction of sp³-hybridized carbons (Fsp3) is 0.217. The maximum absolute atomic E-state index is 12.9. The van der Waals surface area contributed by atoms with Crippen LogP contribution < -0.4 is 10.6 Å². The zero-order valence-corrected chi connectivity index (χ0v) is 16.7. The number of nitrogens with one attached hydrogen (secondary N) is 2. The summed E-state index contributed by atoms with van der Waals surface area (Å²) in [5.41, 5.74) is 0.867. The third kappa shape index (κ3) is 4.32. The van der Waals surface area contributed by atoms with Gasteiger partial charge in [-0.15, -0.1) is 0 Å². The monoisotopic (exact) mass is 418 g/mol. The van der Waals surface area contributed by atoms with Gasteiger partial charge in [-0.05, 0) is 41.8 Å². The molecule has 31 heavy (non-hydrogen) atoms. The first kappa shape index (κ1) is 20.3. The number of pyridine rings is 1. The summed E-state index contributed by atoms with van der Waals surface area (Å²) in [4.78, 5) is 42.4. The zero-order valence-electron chi connectivity index (χ0n) is 16.7. The molecule has 1 aliphatic rings. The summed E-state index contributed by atoms with van der Waals surface area (Å²) >= 11 is 0. The second-order valence-electron chi connectivity index (χ2n) is 7.36. The summed E-state index contributed by atoms with van der Waals surface area (Å²) in [6.45, 7) is 0.657. The highest BCUT2D eigenvalue weighted by molar-refractivity contribution is 6.14. The molecule has 2 aromatic carbocycles. The Balaban J connectivity index is 1.50. The van der Waals surface area contributed by atoms with Gasteiger partial charge in [-0.1, -0.05) is 36.4 Å². The fourth-order valence-electron chi connectivity index (χ4n) is 3.89. The van der Waals surface area contributed by atoms with E-state index in [-0.39, 0.29) is 24.2 Å². The molecule has 0 bridgehead atoms. The first-order valence-electron chi connectivity index (χ1n) is 10.1. The summed E-state index contributed by atoms with van der Waals surface area (Å²) in [6, 6.07) is 16.0. The molecule has 0 radical (unpaired) electrons. The van der Waals surface area contributed by atoms with Crippen molar-refractivity contribution < 1.29 is 19.5 Å². The minimum absolute atomic E-state index is 0.0796. The number of anilines is 1. The molecule has 0 spiro atoms. The average Bonchev–Trinajstić information content (AvgIpc) is 3.26. The van der Waals surface area contributed by atoms with Gasteiger partial charge in [-0.3, -0.25) is 9.59 Å². The van der Waals surface area contributed by atoms with Gasteiger partial charge in [0.1, 0.15) is 0 Å². The van der Waals surface area contributed by atoms with Crippen LogP contribution in [0.3, 0.4) is 0 Å². The Morgan fingerprint density at radius 3 is 2.68 bits per heavy atom. The average molecular weight is 418 g/mol. The highest BCUT2D eigenvalue weighted by Crippen LogP contribution is 2.21. The number of hydrogen-bond donors (Lipinski definition) is 3. The maximum Gasteiger partial charge on any atom is 0.407 e. The first-order chi connectivity index (χ1) is 15.0. The molecule has 3 N–H and O–H groups in total. The van der Waals surface area contributed by atoms with E-state index in [0.717, 1.165) is 17.2 Å². The van der Waals surface area contributed by atoms with Gasteiger partial charge in [0.15, 0.2) is 5.69 Å². The molecule has 1 aromatic heterocycles. The lowest BCUT2D eigenvalue weighted by Crippen LogP contribution is -2.42. The molecule has 158 valence electrons. The van der Waals surface area contributed by atoms with E-state index in [1.165, 1.54) is 11.1 Å². The number of aromatic nitrogens is 1. The van der Waals surface area contributed by atoms with Crippen LogP contribution in [0.15, 0.2) is 60.8 Å². The standard InChI is InChI=1S/C23H22N4O4/c28-21(18-10-3-7-15-6-1-2-9-17(15)18)26-19-11-4-12-24-20(19)22(29)25-14-16-8-5-13-27(16)23(30)31/h1-4,6-7,9-12,16H,5,8,13-14H2,(H,25,29)(H,26,28)(H,30,31). The summed E-state index contributed by atoms with van der Waals surface area (Å²) < 4.78 is 0. The van der Waals surface area contributed by atoms with E-state index in [9.17, 15) is 19.5 Å². The summed E-state index contributed by atoms with van der Waals surface area (Å²) in [6.07, 6.45) is 1.95. The Labute approximate surface area is 178 Å². The molecule has 3 aromatic rings. The molecule has 8 nitrogen and oxygen atoms in total. The SMILES string of the molecule is O=C(NCC1CCCN1C(=O)O)c1ncccc1NC(=O)c1cccc2ccccc12. The van der Waals surface area contributed by atoms with Crippen LogP contribution in [0.4, 0.5) is 10.5 Å². The Morgan fingerprint density at radius 2 is 1.84 bits per heavy atom. The number of rotatable bonds is 5. The lowest BCUT2D eigenvalue weighted by atomic mass is 10.0. The second-order valence-corrected chi connectivity index (χ2v) is 7.36. The highest BCUT2D eigenvalue weighted by atomic mass is 16.4. The van der Waals surface area contributed by atoms with Crippen molar-refractivity contribution in [1.29, 1.82) is 0 Å². The van der Waals surface area contributed by atoms with Gasteiger partial charge < -0.3 is 20.6 Å². The lowest BCUT2D eigenvalue weighted by Gasteiger charge is -2.21. The molecular weight excluding hydrogens is 396 g/mol. The van der Waals surface area contributed by atoms with E-state index in [4.69, 9.17) is 0 Å². The molecule has 0 aliphatic carbocycles. The molecule has 1 saturated heterocycles. The highest BCUT2D eigenvalue weighted by Gasteiger charge is 2.29. The quantitative estimate of drug-likeness (QED) is 0.588. The van der Waals surface area contributed by atoms with Gasteiger partial charge in [0.05, 0.1) is 11.7 Å². The van der Waals surface area contributed by atoms with E-state index >= 15 is 0 Å². The van der Waals surface area contributed by atoms with E-state index in [1.807, 2.05) is 36.4 Å². The maximum atomic E-state index is 12.9. The predicted octanol–water partition coefficient (Wildman–Crippen LogP) is 3.36. The van der Waals surface area contributed by atoms with E-state index in [2.05, 4.69) is 15.6 Å². The third-order valence-corrected chi connectivity index (χ3v) is 5.43. The van der Waals surface area contributed by atoms with Crippen LogP contribution in [0, 0.1) is 0 Å². The third-order valence-electron chi connectivity index (χ3n) is 5.43. The van der Waals surface area contributed by atoms with Gasteiger partial charge in [0, 0.05) is 24.8 Å². The Hall–Kier alpha value is -3.94. The molecule has 1 aliphatic heterocycles. The van der Waals surface area contributed by atoms with Crippen LogP contribution in [0.25, 0.3) is 10.8 Å². The predicted molar refractivity (Wildman–Crippen MR) is 116 cm³/mol. The molecular formula is C23H22N4O4. The number of carboxylic acid groups (broad SMARTS) is 1. The van der Waals surface area contributed by atoms with Crippen LogP contribution in [0.2, 0.25) is 0 Å². The summed E-state index contributed by atoms with van der Waals surface area (Å²) in [5.74, 6) is -0.808. The Bertz CT molecular complexity index is 1140. The number of likely N-dealkylation sites (tertiary alicyclic amines) is 1. The zero-order chi connectivity index (χ0) is 21.8. The van der Waals surface area contributed by atoms with Crippen LogP contribution in [-0.2, 0) is 0 Å². The topological polar surface area (TPSA) is 112 Å². The molecule has 3 amide bonds. The molecule has 1 unspecified atom stereocenters. The van der Waals surface area contributed by atoms with Crippen molar-refractivity contribution in [1.82, 2.24) is 15.2 Å². The normalized spacial score (nSPS) is 15.6. The van der Waals surface area contributed by atoms with Crippen LogP contribution in [-0.4, -0.2) is 52.0 Å². The molecule has 0 saturated carbocycles. The number of benzene rings is 2. The molecule has 4 rings (SSSR count). The van der Waals surface area contributed by atoms with Crippen molar-refractivity contribution in [2.75, 3.05) is 18.4 Å². The number of fused-ring (bicyclic) bond motifs is 1. The molecule has 1 atom stereocenters. The van der Waals surface area contributed by atoms with Gasteiger partial charge in [-0.25, -0.2) is 9.78 Å².